The number of carbonyl (C=O) groups excluding carboxylic acids is 2. The van der Waals surface area contributed by atoms with Gasteiger partial charge in [0.05, 0.1) is 23.9 Å². The third-order valence-corrected chi connectivity index (χ3v) is 5.22. The summed E-state index contributed by atoms with van der Waals surface area (Å²) in [4.78, 5) is 28.2. The Labute approximate surface area is 178 Å². The molecule has 3 N–H and O–H groups in total. The first-order valence-electron chi connectivity index (χ1n) is 9.99. The van der Waals surface area contributed by atoms with Gasteiger partial charge >= 0.3 is 0 Å². The summed E-state index contributed by atoms with van der Waals surface area (Å²) in [5, 5.41) is 6.30. The van der Waals surface area contributed by atoms with Crippen molar-refractivity contribution < 1.29 is 18.4 Å². The second-order valence-electron chi connectivity index (χ2n) is 7.27. The maximum Gasteiger partial charge on any atom is 0.259 e. The van der Waals surface area contributed by atoms with Gasteiger partial charge in [0.15, 0.2) is 0 Å². The number of amides is 2. The molecule has 2 heterocycles. The minimum Gasteiger partial charge on any atom is -0.469 e. The van der Waals surface area contributed by atoms with Gasteiger partial charge in [0.2, 0.25) is 5.91 Å². The number of fused-ring (bicyclic) bond motifs is 1. The molecule has 0 spiro atoms. The number of hydrogen-bond donors (Lipinski definition) is 3. The average molecular weight is 419 g/mol. The molecule has 4 rings (SSSR count). The van der Waals surface area contributed by atoms with Gasteiger partial charge < -0.3 is 20.0 Å². The summed E-state index contributed by atoms with van der Waals surface area (Å²) in [6.07, 6.45) is 4.30. The van der Waals surface area contributed by atoms with E-state index in [2.05, 4.69) is 28.6 Å². The fourth-order valence-corrected chi connectivity index (χ4v) is 3.60. The van der Waals surface area contributed by atoms with Crippen LogP contribution >= 0.6 is 0 Å². The number of halogens is 1. The molecule has 2 aromatic heterocycles. The van der Waals surface area contributed by atoms with Crippen LogP contribution in [0.3, 0.4) is 0 Å². The van der Waals surface area contributed by atoms with Crippen molar-refractivity contribution in [3.05, 3.63) is 83.2 Å². The molecule has 0 bridgehead atoms. The van der Waals surface area contributed by atoms with Gasteiger partial charge in [-0.25, -0.2) is 4.39 Å². The number of rotatable bonds is 6. The molecule has 0 saturated carbocycles. The van der Waals surface area contributed by atoms with Crippen LogP contribution in [0.25, 0.3) is 10.9 Å². The van der Waals surface area contributed by atoms with Crippen LogP contribution in [0.4, 0.5) is 15.8 Å². The molecule has 31 heavy (non-hydrogen) atoms. The van der Waals surface area contributed by atoms with Crippen molar-refractivity contribution in [3.8, 4) is 0 Å². The maximum atomic E-state index is 14.2. The smallest absolute Gasteiger partial charge is 0.259 e. The number of aryl methyl sites for hydroxylation is 2. The SMILES string of the molecule is CCc1cccc2c(CC(=O)Nc3ccc(F)c(NC(=O)c4ccoc4C)c3)c[nH]c12. The minimum absolute atomic E-state index is 0.0249. The van der Waals surface area contributed by atoms with E-state index in [0.29, 0.717) is 17.0 Å². The Morgan fingerprint density at radius 3 is 2.68 bits per heavy atom. The number of carbonyl (C=O) groups is 2. The lowest BCUT2D eigenvalue weighted by atomic mass is 10.1. The zero-order valence-corrected chi connectivity index (χ0v) is 17.2. The van der Waals surface area contributed by atoms with Gasteiger partial charge in [0.1, 0.15) is 11.6 Å². The molecule has 7 heteroatoms. The second-order valence-corrected chi connectivity index (χ2v) is 7.27. The first-order chi connectivity index (χ1) is 15.0. The highest BCUT2D eigenvalue weighted by Gasteiger charge is 2.15. The number of benzene rings is 2. The Balaban J connectivity index is 1.48. The van der Waals surface area contributed by atoms with Crippen molar-refractivity contribution >= 4 is 34.1 Å². The quantitative estimate of drug-likeness (QED) is 0.401. The number of nitrogens with one attached hydrogen (secondary N) is 3. The van der Waals surface area contributed by atoms with Crippen molar-refractivity contribution in [2.75, 3.05) is 10.6 Å². The Kier molecular flexibility index (Phi) is 5.58. The molecule has 0 saturated heterocycles. The monoisotopic (exact) mass is 419 g/mol. The molecule has 6 nitrogen and oxygen atoms in total. The molecule has 0 unspecified atom stereocenters. The zero-order valence-electron chi connectivity index (χ0n) is 17.2. The fourth-order valence-electron chi connectivity index (χ4n) is 3.60. The van der Waals surface area contributed by atoms with E-state index in [4.69, 9.17) is 4.42 Å². The zero-order chi connectivity index (χ0) is 22.0. The highest BCUT2D eigenvalue weighted by Crippen LogP contribution is 2.24. The predicted octanol–water partition coefficient (Wildman–Crippen LogP) is 5.20. The second kappa shape index (κ2) is 8.47. The topological polar surface area (TPSA) is 87.1 Å². The number of hydrogen-bond acceptors (Lipinski definition) is 3. The summed E-state index contributed by atoms with van der Waals surface area (Å²) in [6, 6.07) is 11.6. The molecular formula is C24H22FN3O3. The Bertz CT molecular complexity index is 1270. The van der Waals surface area contributed by atoms with E-state index in [0.717, 1.165) is 22.9 Å². The van der Waals surface area contributed by atoms with Gasteiger partial charge in [-0.2, -0.15) is 0 Å². The van der Waals surface area contributed by atoms with Crippen molar-refractivity contribution in [2.45, 2.75) is 26.7 Å². The maximum absolute atomic E-state index is 14.2. The normalized spacial score (nSPS) is 10.9. The van der Waals surface area contributed by atoms with Gasteiger partial charge in [0, 0.05) is 22.8 Å². The molecule has 4 aromatic rings. The van der Waals surface area contributed by atoms with Crippen LogP contribution in [0, 0.1) is 12.7 Å². The number of para-hydroxylation sites is 1. The summed E-state index contributed by atoms with van der Waals surface area (Å²) in [7, 11) is 0. The third kappa shape index (κ3) is 4.21. The number of aromatic amines is 1. The molecule has 0 aliphatic carbocycles. The minimum atomic E-state index is -0.601. The molecule has 2 amide bonds. The van der Waals surface area contributed by atoms with E-state index >= 15 is 0 Å². The van der Waals surface area contributed by atoms with E-state index in [9.17, 15) is 14.0 Å². The first kappa shape index (κ1) is 20.4. The summed E-state index contributed by atoms with van der Waals surface area (Å²) in [5.41, 5.74) is 3.79. The Morgan fingerprint density at radius 1 is 1.10 bits per heavy atom. The van der Waals surface area contributed by atoms with Crippen LogP contribution in [0.5, 0.6) is 0 Å². The molecule has 0 fully saturated rings. The van der Waals surface area contributed by atoms with E-state index in [-0.39, 0.29) is 18.0 Å². The summed E-state index contributed by atoms with van der Waals surface area (Å²) in [5.74, 6) is -0.889. The third-order valence-electron chi connectivity index (χ3n) is 5.22. The van der Waals surface area contributed by atoms with Gasteiger partial charge in [-0.15, -0.1) is 0 Å². The molecule has 0 aliphatic rings. The lowest BCUT2D eigenvalue weighted by Gasteiger charge is -2.10. The number of anilines is 2. The molecule has 0 aliphatic heterocycles. The standard InChI is InChI=1S/C24H22FN3O3/c1-3-15-5-4-6-19-16(13-26-23(15)19)11-22(29)27-17-7-8-20(25)21(12-17)28-24(30)18-9-10-31-14(18)2/h4-10,12-13,26H,3,11H2,1-2H3,(H,27,29)(H,28,30). The molecule has 0 atom stereocenters. The van der Waals surface area contributed by atoms with Crippen molar-refractivity contribution in [1.29, 1.82) is 0 Å². The average Bonchev–Trinajstić information content (AvgIpc) is 3.36. The Hall–Kier alpha value is -3.87. The lowest BCUT2D eigenvalue weighted by molar-refractivity contribution is -0.115. The van der Waals surface area contributed by atoms with E-state index in [1.54, 1.807) is 6.92 Å². The van der Waals surface area contributed by atoms with Crippen LogP contribution in [0.15, 0.2) is 59.3 Å². The number of aromatic nitrogens is 1. The van der Waals surface area contributed by atoms with E-state index in [1.807, 2.05) is 18.3 Å². The van der Waals surface area contributed by atoms with E-state index < -0.39 is 11.7 Å². The van der Waals surface area contributed by atoms with Gasteiger partial charge in [-0.1, -0.05) is 25.1 Å². The molecule has 158 valence electrons. The molecule has 0 radical (unpaired) electrons. The number of furan rings is 1. The van der Waals surface area contributed by atoms with Crippen LogP contribution in [-0.4, -0.2) is 16.8 Å². The van der Waals surface area contributed by atoms with Crippen molar-refractivity contribution in [2.24, 2.45) is 0 Å². The predicted molar refractivity (Wildman–Crippen MR) is 118 cm³/mol. The highest BCUT2D eigenvalue weighted by atomic mass is 19.1. The van der Waals surface area contributed by atoms with Crippen LogP contribution in [0.1, 0.15) is 34.2 Å². The largest absolute Gasteiger partial charge is 0.469 e. The summed E-state index contributed by atoms with van der Waals surface area (Å²) >= 11 is 0. The first-order valence-corrected chi connectivity index (χ1v) is 9.99. The van der Waals surface area contributed by atoms with Crippen molar-refractivity contribution in [3.63, 3.8) is 0 Å². The van der Waals surface area contributed by atoms with Crippen LogP contribution in [-0.2, 0) is 17.6 Å². The molecular weight excluding hydrogens is 397 g/mol. The summed E-state index contributed by atoms with van der Waals surface area (Å²) < 4.78 is 19.3. The molecule has 2 aromatic carbocycles. The highest BCUT2D eigenvalue weighted by molar-refractivity contribution is 6.05. The Morgan fingerprint density at radius 2 is 1.94 bits per heavy atom. The van der Waals surface area contributed by atoms with Gasteiger partial charge in [-0.05, 0) is 48.7 Å². The lowest BCUT2D eigenvalue weighted by Crippen LogP contribution is -2.16. The van der Waals surface area contributed by atoms with Crippen LogP contribution < -0.4 is 10.6 Å². The van der Waals surface area contributed by atoms with Gasteiger partial charge in [-0.3, -0.25) is 9.59 Å². The van der Waals surface area contributed by atoms with Gasteiger partial charge in [0.25, 0.3) is 5.91 Å². The fraction of sp³-hybridized carbons (Fsp3) is 0.167. The van der Waals surface area contributed by atoms with Crippen molar-refractivity contribution in [1.82, 2.24) is 4.98 Å². The van der Waals surface area contributed by atoms with Crippen LogP contribution in [0.2, 0.25) is 0 Å². The van der Waals surface area contributed by atoms with E-state index in [1.165, 1.54) is 36.1 Å². The number of H-pyrrole nitrogens is 1. The summed E-state index contributed by atoms with van der Waals surface area (Å²) in [6.45, 7) is 3.73.